The van der Waals surface area contributed by atoms with E-state index in [1.54, 1.807) is 0 Å². The Morgan fingerprint density at radius 1 is 0.636 bits per heavy atom. The number of rotatable bonds is 2. The molecule has 0 saturated carbocycles. The first-order valence-electron chi connectivity index (χ1n) is 1.63. The molecule has 0 aromatic rings. The maximum atomic E-state index is 9.36. The van der Waals surface area contributed by atoms with E-state index in [0.29, 0.717) is 0 Å². The molecular weight excluding hydrogens is 346 g/mol. The quantitative estimate of drug-likeness (QED) is 0.451. The van der Waals surface area contributed by atoms with Crippen LogP contribution in [0.1, 0.15) is 0 Å². The monoisotopic (exact) mass is 346 g/mol. The molecule has 0 heterocycles. The second-order valence-corrected chi connectivity index (χ2v) is 3.92. The van der Waals surface area contributed by atoms with Crippen molar-refractivity contribution in [1.29, 1.82) is 0 Å². The molecule has 0 saturated heterocycles. The molecule has 0 bridgehead atoms. The first kappa shape index (κ1) is 19.0. The molecule has 0 N–H and O–H groups in total. The van der Waals surface area contributed by atoms with Crippen molar-refractivity contribution in [2.45, 2.75) is 0 Å². The summed E-state index contributed by atoms with van der Waals surface area (Å²) in [6, 6.07) is 0. The maximum Gasteiger partial charge on any atom is 3.00 e. The van der Waals surface area contributed by atoms with Crippen molar-refractivity contribution >= 4 is 18.1 Å². The van der Waals surface area contributed by atoms with Crippen LogP contribution in [0.25, 0.3) is 0 Å². The molecule has 0 spiro atoms. The molecule has 0 amide bonds. The van der Waals surface area contributed by atoms with Crippen molar-refractivity contribution < 1.29 is 98.3 Å². The summed E-state index contributed by atoms with van der Waals surface area (Å²) >= 11 is 0. The normalized spacial score (nSPS) is 11.5. The van der Waals surface area contributed by atoms with Gasteiger partial charge in [-0.25, -0.2) is 0 Å². The average molecular weight is 346 g/mol. The second-order valence-electron chi connectivity index (χ2n) is 1.10. The minimum Gasteiger partial charge on any atom is -0.862 e. The van der Waals surface area contributed by atoms with Crippen molar-refractivity contribution in [1.82, 2.24) is 0 Å². The fraction of sp³-hybridized carbons (Fsp3) is 0. The summed E-state index contributed by atoms with van der Waals surface area (Å²) in [5.74, 6) is 0. The van der Waals surface area contributed by atoms with Gasteiger partial charge >= 0.3 is 65.4 Å². The SMILES string of the molecule is [O-][Si]([O-])([O-])O[Si]([O-])([O-])[O-].[Y+3].[Y+3]. The first-order valence-corrected chi connectivity index (χ1v) is 4.90. The summed E-state index contributed by atoms with van der Waals surface area (Å²) in [5, 5.41) is 0. The van der Waals surface area contributed by atoms with Gasteiger partial charge in [0.15, 0.2) is 0 Å². The van der Waals surface area contributed by atoms with Crippen molar-refractivity contribution in [2.24, 2.45) is 0 Å². The minimum atomic E-state index is -5.92. The molecule has 56 valence electrons. The Hall–Kier alpha value is 2.36. The molecule has 0 atom stereocenters. The van der Waals surface area contributed by atoms with Crippen molar-refractivity contribution in [3.05, 3.63) is 0 Å². The van der Waals surface area contributed by atoms with E-state index in [0.717, 1.165) is 0 Å². The summed E-state index contributed by atoms with van der Waals surface area (Å²) < 4.78 is 2.57. The summed E-state index contributed by atoms with van der Waals surface area (Å²) in [6.07, 6.45) is 0. The second kappa shape index (κ2) is 6.76. The molecule has 0 aliphatic carbocycles. The predicted octanol–water partition coefficient (Wildman–Crippen LogP) is -7.97. The largest absolute Gasteiger partial charge is 3.00 e. The van der Waals surface area contributed by atoms with Gasteiger partial charge in [-0.1, -0.05) is 0 Å². The van der Waals surface area contributed by atoms with Crippen molar-refractivity contribution in [3.63, 3.8) is 0 Å². The molecule has 7 nitrogen and oxygen atoms in total. The van der Waals surface area contributed by atoms with Crippen LogP contribution in [0.4, 0.5) is 0 Å². The minimum absolute atomic E-state index is 0. The van der Waals surface area contributed by atoms with E-state index in [4.69, 9.17) is 0 Å². The molecular formula is O7Si2Y2. The number of hydrogen-bond acceptors (Lipinski definition) is 7. The topological polar surface area (TPSA) is 148 Å². The zero-order chi connectivity index (χ0) is 7.71. The van der Waals surface area contributed by atoms with Crippen LogP contribution in [0.15, 0.2) is 0 Å². The molecule has 0 unspecified atom stereocenters. The van der Waals surface area contributed by atoms with E-state index in [1.165, 1.54) is 0 Å². The third-order valence-electron chi connectivity index (χ3n) is 0.250. The van der Waals surface area contributed by atoms with E-state index in [-0.39, 0.29) is 65.4 Å². The Bertz CT molecular complexity index is 79.6. The van der Waals surface area contributed by atoms with Gasteiger partial charge in [-0.3, -0.25) is 0 Å². The van der Waals surface area contributed by atoms with Crippen LogP contribution in [-0.2, 0) is 69.5 Å². The molecule has 11 heavy (non-hydrogen) atoms. The summed E-state index contributed by atoms with van der Waals surface area (Å²) in [5.41, 5.74) is 0. The van der Waals surface area contributed by atoms with Gasteiger partial charge in [0, 0.05) is 0 Å². The molecule has 0 fully saturated rings. The van der Waals surface area contributed by atoms with E-state index in [9.17, 15) is 28.8 Å². The molecule has 0 aromatic heterocycles. The summed E-state index contributed by atoms with van der Waals surface area (Å²) in [7, 11) is -11.8. The Labute approximate surface area is 115 Å². The third-order valence-corrected chi connectivity index (χ3v) is 2.25. The van der Waals surface area contributed by atoms with Gasteiger partial charge < -0.3 is 32.9 Å². The van der Waals surface area contributed by atoms with Gasteiger partial charge in [-0.05, 0) is 0 Å². The fourth-order valence-corrected chi connectivity index (χ4v) is 1.38. The van der Waals surface area contributed by atoms with Gasteiger partial charge in [0.2, 0.25) is 0 Å². The fourth-order valence-electron chi connectivity index (χ4n) is 0.153. The van der Waals surface area contributed by atoms with E-state index in [2.05, 4.69) is 4.12 Å². The van der Waals surface area contributed by atoms with Gasteiger partial charge in [0.1, 0.15) is 0 Å². The number of hydrogen-bond donors (Lipinski definition) is 0. The smallest absolute Gasteiger partial charge is 0.862 e. The summed E-state index contributed by atoms with van der Waals surface area (Å²) in [4.78, 5) is 56.2. The van der Waals surface area contributed by atoms with E-state index < -0.39 is 18.1 Å². The van der Waals surface area contributed by atoms with Crippen LogP contribution >= 0.6 is 0 Å². The summed E-state index contributed by atoms with van der Waals surface area (Å²) in [6.45, 7) is 0. The first-order chi connectivity index (χ1) is 3.71. The maximum absolute atomic E-state index is 9.36. The molecule has 0 aromatic carbocycles. The Balaban J connectivity index is -0.000000320. The standard InChI is InChI=1S/O7Si2.2Y/c1-8(2,3)7-9(4,5)6;;/q-6;2*+3. The average Bonchev–Trinajstić information content (AvgIpc) is 1.14. The zero-order valence-electron chi connectivity index (χ0n) is 5.01. The van der Waals surface area contributed by atoms with Crippen LogP contribution < -0.4 is 28.8 Å². The van der Waals surface area contributed by atoms with E-state index in [1.807, 2.05) is 0 Å². The van der Waals surface area contributed by atoms with Gasteiger partial charge in [0.25, 0.3) is 0 Å². The molecule has 11 heteroatoms. The Morgan fingerprint density at radius 2 is 0.818 bits per heavy atom. The van der Waals surface area contributed by atoms with Crippen molar-refractivity contribution in [3.8, 4) is 0 Å². The zero-order valence-corrected chi connectivity index (χ0v) is 12.7. The van der Waals surface area contributed by atoms with Crippen LogP contribution in [-0.4, -0.2) is 18.1 Å². The Morgan fingerprint density at radius 3 is 0.818 bits per heavy atom. The van der Waals surface area contributed by atoms with Gasteiger partial charge in [-0.15, -0.1) is 18.1 Å². The van der Waals surface area contributed by atoms with E-state index >= 15 is 0 Å². The van der Waals surface area contributed by atoms with Gasteiger partial charge in [-0.2, -0.15) is 0 Å². The third kappa shape index (κ3) is 19.0. The van der Waals surface area contributed by atoms with Crippen LogP contribution in [0.5, 0.6) is 0 Å². The molecule has 0 aliphatic rings. The molecule has 0 rings (SSSR count). The Kier molecular flexibility index (Phi) is 11.7. The molecule has 0 aliphatic heterocycles. The van der Waals surface area contributed by atoms with Crippen LogP contribution in [0.3, 0.4) is 0 Å². The molecule has 0 radical (unpaired) electrons. The van der Waals surface area contributed by atoms with Crippen LogP contribution in [0, 0.1) is 0 Å². The van der Waals surface area contributed by atoms with Crippen molar-refractivity contribution in [2.75, 3.05) is 0 Å². The predicted molar refractivity (Wildman–Crippen MR) is 12.6 cm³/mol. The van der Waals surface area contributed by atoms with Gasteiger partial charge in [0.05, 0.1) is 0 Å². The van der Waals surface area contributed by atoms with Crippen LogP contribution in [0.2, 0.25) is 0 Å².